The molecule has 0 spiro atoms. The number of aromatic nitrogens is 4. The average Bonchev–Trinajstić information content (AvgIpc) is 2.55. The van der Waals surface area contributed by atoms with Crippen molar-refractivity contribution in [2.24, 2.45) is 0 Å². The molecule has 0 bridgehead atoms. The van der Waals surface area contributed by atoms with Crippen LogP contribution in [0.5, 0.6) is 0 Å². The van der Waals surface area contributed by atoms with Gasteiger partial charge in [0, 0.05) is 51.3 Å². The van der Waals surface area contributed by atoms with E-state index in [9.17, 15) is 0 Å². The van der Waals surface area contributed by atoms with Gasteiger partial charge in [0.2, 0.25) is 11.9 Å². The molecular weight excluding hydrogens is 290 g/mol. The first-order valence-electron chi connectivity index (χ1n) is 7.93. The van der Waals surface area contributed by atoms with Crippen LogP contribution in [0.4, 0.5) is 17.7 Å². The van der Waals surface area contributed by atoms with Gasteiger partial charge in [-0.15, -0.1) is 0 Å². The molecule has 0 amide bonds. The molecule has 23 heavy (non-hydrogen) atoms. The number of anilines is 3. The van der Waals surface area contributed by atoms with Crippen molar-refractivity contribution in [3.8, 4) is 0 Å². The average molecular weight is 313 g/mol. The number of aryl methyl sites for hydroxylation is 1. The summed E-state index contributed by atoms with van der Waals surface area (Å²) in [5, 5.41) is 3.52. The maximum atomic E-state index is 4.53. The van der Waals surface area contributed by atoms with E-state index in [4.69, 9.17) is 0 Å². The van der Waals surface area contributed by atoms with Gasteiger partial charge in [-0.3, -0.25) is 0 Å². The zero-order valence-electron chi connectivity index (χ0n) is 13.9. The van der Waals surface area contributed by atoms with E-state index in [0.717, 1.165) is 43.4 Å². The molecule has 1 atom stereocenters. The van der Waals surface area contributed by atoms with Gasteiger partial charge in [0.15, 0.2) is 0 Å². The van der Waals surface area contributed by atoms with Crippen molar-refractivity contribution in [1.29, 1.82) is 0 Å². The Bertz CT molecular complexity index is 658. The summed E-state index contributed by atoms with van der Waals surface area (Å²) >= 11 is 0. The van der Waals surface area contributed by atoms with E-state index in [1.165, 1.54) is 0 Å². The Morgan fingerprint density at radius 2 is 2.00 bits per heavy atom. The van der Waals surface area contributed by atoms with Gasteiger partial charge in [0.1, 0.15) is 5.82 Å². The molecule has 0 radical (unpaired) electrons. The summed E-state index contributed by atoms with van der Waals surface area (Å²) in [5.41, 5.74) is 0.997. The molecule has 3 rings (SSSR count). The van der Waals surface area contributed by atoms with Crippen LogP contribution in [0.15, 0.2) is 24.5 Å². The molecule has 1 saturated heterocycles. The standard InChI is InChI=1S/C16H23N7/c1-12-6-8-18-16(19-12)23-10-4-5-13(11-23)20-14-7-9-17-15(21-14)22(2)3/h6-9,13H,4-5,10-11H2,1-3H3,(H,17,20,21). The van der Waals surface area contributed by atoms with Gasteiger partial charge < -0.3 is 15.1 Å². The molecule has 1 fully saturated rings. The minimum Gasteiger partial charge on any atom is -0.365 e. The summed E-state index contributed by atoms with van der Waals surface area (Å²) in [4.78, 5) is 21.8. The van der Waals surface area contributed by atoms with Crippen LogP contribution in [0, 0.1) is 6.92 Å². The summed E-state index contributed by atoms with van der Waals surface area (Å²) in [6, 6.07) is 4.17. The summed E-state index contributed by atoms with van der Waals surface area (Å²) < 4.78 is 0. The highest BCUT2D eigenvalue weighted by Gasteiger charge is 2.22. The predicted molar refractivity (Wildman–Crippen MR) is 92.0 cm³/mol. The van der Waals surface area contributed by atoms with Crippen LogP contribution in [-0.4, -0.2) is 53.2 Å². The number of hydrogen-bond donors (Lipinski definition) is 1. The van der Waals surface area contributed by atoms with Gasteiger partial charge in [-0.05, 0) is 31.9 Å². The molecule has 122 valence electrons. The lowest BCUT2D eigenvalue weighted by atomic mass is 10.1. The third kappa shape index (κ3) is 3.85. The van der Waals surface area contributed by atoms with Crippen molar-refractivity contribution in [3.63, 3.8) is 0 Å². The fourth-order valence-electron chi connectivity index (χ4n) is 2.72. The smallest absolute Gasteiger partial charge is 0.226 e. The fraction of sp³-hybridized carbons (Fsp3) is 0.500. The summed E-state index contributed by atoms with van der Waals surface area (Å²) in [7, 11) is 3.88. The zero-order valence-corrected chi connectivity index (χ0v) is 13.9. The Labute approximate surface area is 136 Å². The Morgan fingerprint density at radius 1 is 1.17 bits per heavy atom. The van der Waals surface area contributed by atoms with Crippen LogP contribution < -0.4 is 15.1 Å². The van der Waals surface area contributed by atoms with Crippen LogP contribution >= 0.6 is 0 Å². The van der Waals surface area contributed by atoms with Gasteiger partial charge >= 0.3 is 0 Å². The molecule has 7 heteroatoms. The Morgan fingerprint density at radius 3 is 2.78 bits per heavy atom. The van der Waals surface area contributed by atoms with Crippen LogP contribution in [0.3, 0.4) is 0 Å². The SMILES string of the molecule is Cc1ccnc(N2CCCC(Nc3ccnc(N(C)C)n3)C2)n1. The lowest BCUT2D eigenvalue weighted by molar-refractivity contribution is 0.521. The first-order valence-corrected chi connectivity index (χ1v) is 7.93. The molecule has 1 aliphatic heterocycles. The van der Waals surface area contributed by atoms with Crippen molar-refractivity contribution in [1.82, 2.24) is 19.9 Å². The Kier molecular flexibility index (Phi) is 4.55. The number of nitrogens with one attached hydrogen (secondary N) is 1. The Balaban J connectivity index is 1.68. The molecule has 1 N–H and O–H groups in total. The molecule has 2 aromatic heterocycles. The summed E-state index contributed by atoms with van der Waals surface area (Å²) in [6.07, 6.45) is 5.83. The molecule has 3 heterocycles. The summed E-state index contributed by atoms with van der Waals surface area (Å²) in [6.45, 7) is 3.87. The first-order chi connectivity index (χ1) is 11.1. The number of hydrogen-bond acceptors (Lipinski definition) is 7. The Hall–Kier alpha value is -2.44. The second-order valence-electron chi connectivity index (χ2n) is 6.06. The lowest BCUT2D eigenvalue weighted by Gasteiger charge is -2.33. The van der Waals surface area contributed by atoms with Gasteiger partial charge in [-0.1, -0.05) is 0 Å². The van der Waals surface area contributed by atoms with Crippen molar-refractivity contribution in [2.75, 3.05) is 42.3 Å². The van der Waals surface area contributed by atoms with E-state index >= 15 is 0 Å². The number of rotatable bonds is 4. The van der Waals surface area contributed by atoms with E-state index in [0.29, 0.717) is 12.0 Å². The molecule has 1 unspecified atom stereocenters. The van der Waals surface area contributed by atoms with Crippen molar-refractivity contribution < 1.29 is 0 Å². The monoisotopic (exact) mass is 313 g/mol. The molecule has 7 nitrogen and oxygen atoms in total. The van der Waals surface area contributed by atoms with Gasteiger partial charge in [0.05, 0.1) is 0 Å². The van der Waals surface area contributed by atoms with E-state index in [1.54, 1.807) is 6.20 Å². The molecular formula is C16H23N7. The largest absolute Gasteiger partial charge is 0.365 e. The van der Waals surface area contributed by atoms with E-state index in [1.807, 2.05) is 44.2 Å². The minimum atomic E-state index is 0.331. The molecule has 1 aliphatic rings. The lowest BCUT2D eigenvalue weighted by Crippen LogP contribution is -2.43. The van der Waals surface area contributed by atoms with Crippen LogP contribution in [0.2, 0.25) is 0 Å². The third-order valence-electron chi connectivity index (χ3n) is 3.88. The van der Waals surface area contributed by atoms with E-state index in [-0.39, 0.29) is 0 Å². The highest BCUT2D eigenvalue weighted by Crippen LogP contribution is 2.19. The maximum absolute atomic E-state index is 4.53. The third-order valence-corrected chi connectivity index (χ3v) is 3.88. The van der Waals surface area contributed by atoms with Gasteiger partial charge in [-0.2, -0.15) is 4.98 Å². The van der Waals surface area contributed by atoms with Crippen molar-refractivity contribution in [3.05, 3.63) is 30.2 Å². The highest BCUT2D eigenvalue weighted by molar-refractivity contribution is 5.42. The van der Waals surface area contributed by atoms with E-state index in [2.05, 4.69) is 30.2 Å². The van der Waals surface area contributed by atoms with Crippen molar-refractivity contribution in [2.45, 2.75) is 25.8 Å². The highest BCUT2D eigenvalue weighted by atomic mass is 15.3. The maximum Gasteiger partial charge on any atom is 0.226 e. The van der Waals surface area contributed by atoms with Crippen molar-refractivity contribution >= 4 is 17.7 Å². The molecule has 2 aromatic rings. The summed E-state index contributed by atoms with van der Waals surface area (Å²) in [5.74, 6) is 2.39. The topological polar surface area (TPSA) is 70.1 Å². The molecule has 0 aromatic carbocycles. The second-order valence-corrected chi connectivity index (χ2v) is 6.06. The quantitative estimate of drug-likeness (QED) is 0.921. The van der Waals surface area contributed by atoms with Crippen LogP contribution in [0.25, 0.3) is 0 Å². The second kappa shape index (κ2) is 6.76. The zero-order chi connectivity index (χ0) is 16.2. The normalized spacial score (nSPS) is 17.9. The predicted octanol–water partition coefficient (Wildman–Crippen LogP) is 1.72. The van der Waals surface area contributed by atoms with Gasteiger partial charge in [-0.25, -0.2) is 15.0 Å². The first kappa shape index (κ1) is 15.5. The molecule has 0 saturated carbocycles. The number of nitrogens with zero attached hydrogens (tertiary/aromatic N) is 6. The minimum absolute atomic E-state index is 0.331. The van der Waals surface area contributed by atoms with E-state index < -0.39 is 0 Å². The molecule has 0 aliphatic carbocycles. The fourth-order valence-corrected chi connectivity index (χ4v) is 2.72. The van der Waals surface area contributed by atoms with Gasteiger partial charge in [0.25, 0.3) is 0 Å². The number of piperidine rings is 1. The van der Waals surface area contributed by atoms with Crippen LogP contribution in [-0.2, 0) is 0 Å². The van der Waals surface area contributed by atoms with Crippen LogP contribution in [0.1, 0.15) is 18.5 Å².